The second kappa shape index (κ2) is 21.5. The van der Waals surface area contributed by atoms with Crippen molar-refractivity contribution in [2.24, 2.45) is 0 Å². The Balaban J connectivity index is 4.68. The van der Waals surface area contributed by atoms with E-state index in [4.69, 9.17) is 13.3 Å². The number of hydrogen-bond acceptors (Lipinski definition) is 3. The van der Waals surface area contributed by atoms with Crippen molar-refractivity contribution >= 4 is 8.80 Å². The molecule has 0 aliphatic heterocycles. The number of rotatable bonds is 23. The highest BCUT2D eigenvalue weighted by atomic mass is 28.4. The first-order valence-electron chi connectivity index (χ1n) is 12.3. The summed E-state index contributed by atoms with van der Waals surface area (Å²) in [5.74, 6) is 0. The molecule has 0 unspecified atom stereocenters. The highest BCUT2D eigenvalue weighted by Crippen LogP contribution is 2.22. The molecule has 0 aromatic carbocycles. The molecule has 0 rings (SSSR count). The van der Waals surface area contributed by atoms with E-state index >= 15 is 0 Å². The zero-order chi connectivity index (χ0) is 20.8. The smallest absolute Gasteiger partial charge is 0.373 e. The third kappa shape index (κ3) is 16.8. The van der Waals surface area contributed by atoms with Crippen molar-refractivity contribution < 1.29 is 13.3 Å². The van der Waals surface area contributed by atoms with Crippen molar-refractivity contribution in [3.8, 4) is 0 Å². The van der Waals surface area contributed by atoms with Crippen molar-refractivity contribution in [3.05, 3.63) is 12.7 Å². The molecule has 0 saturated heterocycles. The van der Waals surface area contributed by atoms with Gasteiger partial charge in [-0.15, -0.1) is 6.58 Å². The molecular weight excluding hydrogens is 364 g/mol. The van der Waals surface area contributed by atoms with Gasteiger partial charge in [0.1, 0.15) is 0 Å². The lowest BCUT2D eigenvalue weighted by Crippen LogP contribution is -2.46. The Morgan fingerprint density at radius 1 is 0.571 bits per heavy atom. The molecule has 0 radical (unpaired) electrons. The highest BCUT2D eigenvalue weighted by Gasteiger charge is 2.40. The Morgan fingerprint density at radius 2 is 1.00 bits per heavy atom. The Morgan fingerprint density at radius 3 is 1.36 bits per heavy atom. The number of unbranched alkanes of at least 4 members (excludes halogenated alkanes) is 11. The fourth-order valence-electron chi connectivity index (χ4n) is 3.24. The van der Waals surface area contributed by atoms with E-state index in [0.29, 0.717) is 0 Å². The summed E-state index contributed by atoms with van der Waals surface area (Å²) in [6, 6.07) is 0.955. The van der Waals surface area contributed by atoms with E-state index < -0.39 is 8.80 Å². The van der Waals surface area contributed by atoms with E-state index in [0.717, 1.165) is 64.4 Å². The third-order valence-electron chi connectivity index (χ3n) is 5.10. The van der Waals surface area contributed by atoms with Gasteiger partial charge in [-0.2, -0.15) is 0 Å². The van der Waals surface area contributed by atoms with Crippen LogP contribution in [0.15, 0.2) is 12.7 Å². The van der Waals surface area contributed by atoms with Gasteiger partial charge in [-0.1, -0.05) is 84.6 Å². The van der Waals surface area contributed by atoms with Gasteiger partial charge in [0, 0.05) is 25.9 Å². The van der Waals surface area contributed by atoms with Crippen LogP contribution in [0, 0.1) is 0 Å². The first-order chi connectivity index (χ1) is 13.7. The van der Waals surface area contributed by atoms with Crippen LogP contribution < -0.4 is 0 Å². The van der Waals surface area contributed by atoms with Gasteiger partial charge in [-0.3, -0.25) is 0 Å². The molecule has 168 valence electrons. The van der Waals surface area contributed by atoms with E-state index in [1.54, 1.807) is 0 Å². The topological polar surface area (TPSA) is 27.7 Å². The number of hydrogen-bond donors (Lipinski definition) is 0. The normalized spacial score (nSPS) is 11.8. The van der Waals surface area contributed by atoms with Gasteiger partial charge < -0.3 is 13.3 Å². The van der Waals surface area contributed by atoms with Crippen LogP contribution in [0.1, 0.15) is 117 Å². The molecule has 0 heterocycles. The summed E-state index contributed by atoms with van der Waals surface area (Å²) < 4.78 is 19.3. The van der Waals surface area contributed by atoms with Crippen molar-refractivity contribution in [1.82, 2.24) is 0 Å². The lowest BCUT2D eigenvalue weighted by molar-refractivity contribution is 0.0547. The summed E-state index contributed by atoms with van der Waals surface area (Å²) in [5.41, 5.74) is 0. The first-order valence-corrected chi connectivity index (χ1v) is 14.2. The first kappa shape index (κ1) is 27.8. The zero-order valence-corrected chi connectivity index (χ0v) is 20.4. The van der Waals surface area contributed by atoms with Gasteiger partial charge in [0.2, 0.25) is 0 Å². The summed E-state index contributed by atoms with van der Waals surface area (Å²) in [6.07, 6.45) is 20.0. The average Bonchev–Trinajstić information content (AvgIpc) is 2.70. The third-order valence-corrected chi connectivity index (χ3v) is 8.00. The summed E-state index contributed by atoms with van der Waals surface area (Å²) in [4.78, 5) is 0. The maximum Gasteiger partial charge on any atom is 0.500 e. The van der Waals surface area contributed by atoms with Crippen LogP contribution >= 0.6 is 0 Å². The maximum absolute atomic E-state index is 6.44. The van der Waals surface area contributed by atoms with Crippen LogP contribution in [0.25, 0.3) is 0 Å². The van der Waals surface area contributed by atoms with Crippen LogP contribution in [0.5, 0.6) is 0 Å². The van der Waals surface area contributed by atoms with Crippen molar-refractivity contribution in [1.29, 1.82) is 0 Å². The fourth-order valence-corrected chi connectivity index (χ4v) is 5.97. The van der Waals surface area contributed by atoms with Crippen LogP contribution in [0.2, 0.25) is 6.04 Å². The molecule has 0 N–H and O–H groups in total. The van der Waals surface area contributed by atoms with Crippen LogP contribution in [0.4, 0.5) is 0 Å². The van der Waals surface area contributed by atoms with Crippen molar-refractivity contribution in [2.75, 3.05) is 19.8 Å². The molecule has 0 aliphatic carbocycles. The standard InChI is InChI=1S/C24H50O3Si/c1-5-9-13-17-21-25-28(24-20-16-12-8-4,26-22-18-14-10-6-2)27-23-19-15-11-7-3/h8H,4-7,9-24H2,1-3H3. The van der Waals surface area contributed by atoms with E-state index in [1.165, 1.54) is 57.8 Å². The second-order valence-corrected chi connectivity index (χ2v) is 10.7. The molecule has 0 aliphatic rings. The van der Waals surface area contributed by atoms with E-state index in [-0.39, 0.29) is 0 Å². The van der Waals surface area contributed by atoms with Crippen LogP contribution in [-0.4, -0.2) is 28.6 Å². The van der Waals surface area contributed by atoms with Gasteiger partial charge in [-0.25, -0.2) is 0 Å². The summed E-state index contributed by atoms with van der Waals surface area (Å²) in [6.45, 7) is 13.0. The monoisotopic (exact) mass is 414 g/mol. The van der Waals surface area contributed by atoms with Gasteiger partial charge in [0.05, 0.1) is 0 Å². The summed E-state index contributed by atoms with van der Waals surface area (Å²) in [7, 11) is -2.56. The molecule has 0 aromatic rings. The minimum absolute atomic E-state index is 0.789. The molecule has 0 saturated carbocycles. The minimum atomic E-state index is -2.56. The molecular formula is C24H50O3Si. The largest absolute Gasteiger partial charge is 0.500 e. The summed E-state index contributed by atoms with van der Waals surface area (Å²) in [5, 5.41) is 0. The van der Waals surface area contributed by atoms with Crippen LogP contribution in [0.3, 0.4) is 0 Å². The van der Waals surface area contributed by atoms with Gasteiger partial charge >= 0.3 is 8.80 Å². The Kier molecular flexibility index (Phi) is 21.4. The molecule has 0 atom stereocenters. The molecule has 0 fully saturated rings. The molecule has 3 nitrogen and oxygen atoms in total. The van der Waals surface area contributed by atoms with Gasteiger partial charge in [0.15, 0.2) is 0 Å². The predicted molar refractivity (Wildman–Crippen MR) is 125 cm³/mol. The van der Waals surface area contributed by atoms with E-state index in [2.05, 4.69) is 27.4 Å². The van der Waals surface area contributed by atoms with E-state index in [1.807, 2.05) is 6.08 Å². The molecule has 28 heavy (non-hydrogen) atoms. The van der Waals surface area contributed by atoms with Crippen LogP contribution in [-0.2, 0) is 13.3 Å². The molecule has 0 spiro atoms. The Hall–Kier alpha value is -0.163. The lowest BCUT2D eigenvalue weighted by atomic mass is 10.2. The Labute approximate surface area is 178 Å². The van der Waals surface area contributed by atoms with Gasteiger partial charge in [-0.05, 0) is 38.5 Å². The number of allylic oxidation sites excluding steroid dienone is 1. The van der Waals surface area contributed by atoms with Crippen molar-refractivity contribution in [2.45, 2.75) is 123 Å². The highest BCUT2D eigenvalue weighted by molar-refractivity contribution is 6.60. The van der Waals surface area contributed by atoms with Crippen molar-refractivity contribution in [3.63, 3.8) is 0 Å². The summed E-state index contributed by atoms with van der Waals surface area (Å²) >= 11 is 0. The molecule has 0 aromatic heterocycles. The predicted octanol–water partition coefficient (Wildman–Crippen LogP) is 8.07. The van der Waals surface area contributed by atoms with Gasteiger partial charge in [0.25, 0.3) is 0 Å². The zero-order valence-electron chi connectivity index (χ0n) is 19.4. The minimum Gasteiger partial charge on any atom is -0.373 e. The second-order valence-electron chi connectivity index (χ2n) is 7.94. The molecule has 0 amide bonds. The van der Waals surface area contributed by atoms with E-state index in [9.17, 15) is 0 Å². The Bertz CT molecular complexity index is 287. The SMILES string of the molecule is C=CCCCC[Si](OCCCCCC)(OCCCCCC)OCCCCCC. The molecule has 4 heteroatoms. The lowest BCUT2D eigenvalue weighted by Gasteiger charge is -2.30. The molecule has 0 bridgehead atoms. The maximum atomic E-state index is 6.44. The average molecular weight is 415 g/mol. The quantitative estimate of drug-likeness (QED) is 0.0960. The fraction of sp³-hybridized carbons (Fsp3) is 0.917.